The molecule has 1 aromatic rings. The molecule has 5 heteroatoms. The SMILES string of the molecule is CCSc1ccc(C2OC(=O)NC2=O)cc1. The number of benzene rings is 1. The van der Waals surface area contributed by atoms with Gasteiger partial charge in [-0.25, -0.2) is 4.79 Å². The molecule has 0 radical (unpaired) electrons. The Kier molecular flexibility index (Phi) is 3.14. The number of carbonyl (C=O) groups excluding carboxylic acids is 2. The maximum absolute atomic E-state index is 11.3. The minimum atomic E-state index is -0.798. The van der Waals surface area contributed by atoms with Crippen molar-refractivity contribution in [3.05, 3.63) is 29.8 Å². The molecule has 16 heavy (non-hydrogen) atoms. The Hall–Kier alpha value is -1.49. The van der Waals surface area contributed by atoms with Crippen LogP contribution in [-0.2, 0) is 9.53 Å². The molecule has 1 saturated heterocycles. The monoisotopic (exact) mass is 237 g/mol. The van der Waals surface area contributed by atoms with E-state index < -0.39 is 18.1 Å². The lowest BCUT2D eigenvalue weighted by Gasteiger charge is -2.07. The standard InChI is InChI=1S/C11H11NO3S/c1-2-16-8-5-3-7(4-6-8)9-10(13)12-11(14)15-9/h3-6,9H,2H2,1H3,(H,12,13,14). The Bertz CT molecular complexity index is 416. The summed E-state index contributed by atoms with van der Waals surface area (Å²) in [5.41, 5.74) is 0.698. The van der Waals surface area contributed by atoms with Crippen molar-refractivity contribution in [1.82, 2.24) is 5.32 Å². The average Bonchev–Trinajstić information content (AvgIpc) is 2.59. The summed E-state index contributed by atoms with van der Waals surface area (Å²) in [7, 11) is 0. The third kappa shape index (κ3) is 2.19. The number of nitrogens with one attached hydrogen (secondary N) is 1. The van der Waals surface area contributed by atoms with Crippen LogP contribution in [0.5, 0.6) is 0 Å². The smallest absolute Gasteiger partial charge is 0.415 e. The molecule has 1 aliphatic heterocycles. The molecule has 1 unspecified atom stereocenters. The summed E-state index contributed by atoms with van der Waals surface area (Å²) in [5, 5.41) is 2.10. The Morgan fingerprint density at radius 3 is 2.50 bits per heavy atom. The lowest BCUT2D eigenvalue weighted by molar-refractivity contribution is -0.123. The Labute approximate surface area is 97.4 Å². The molecular formula is C11H11NO3S. The maximum atomic E-state index is 11.3. The van der Waals surface area contributed by atoms with E-state index >= 15 is 0 Å². The first-order chi connectivity index (χ1) is 7.70. The van der Waals surface area contributed by atoms with Gasteiger partial charge < -0.3 is 4.74 Å². The molecule has 0 bridgehead atoms. The van der Waals surface area contributed by atoms with Gasteiger partial charge in [-0.3, -0.25) is 10.1 Å². The number of amides is 2. The van der Waals surface area contributed by atoms with Crippen LogP contribution in [0.1, 0.15) is 18.6 Å². The molecule has 0 saturated carbocycles. The molecular weight excluding hydrogens is 226 g/mol. The molecule has 1 atom stereocenters. The number of alkyl carbamates (subject to hydrolysis) is 1. The van der Waals surface area contributed by atoms with E-state index in [0.29, 0.717) is 5.56 Å². The Morgan fingerprint density at radius 1 is 1.31 bits per heavy atom. The number of rotatable bonds is 3. The van der Waals surface area contributed by atoms with Crippen LogP contribution in [0.15, 0.2) is 29.2 Å². The summed E-state index contributed by atoms with van der Waals surface area (Å²) >= 11 is 1.72. The van der Waals surface area contributed by atoms with E-state index in [2.05, 4.69) is 12.2 Å². The van der Waals surface area contributed by atoms with Crippen molar-refractivity contribution in [2.75, 3.05) is 5.75 Å². The van der Waals surface area contributed by atoms with Crippen molar-refractivity contribution >= 4 is 23.8 Å². The van der Waals surface area contributed by atoms with Crippen LogP contribution in [0, 0.1) is 0 Å². The van der Waals surface area contributed by atoms with Gasteiger partial charge in [-0.1, -0.05) is 19.1 Å². The first kappa shape index (κ1) is 11.0. The molecule has 4 nitrogen and oxygen atoms in total. The van der Waals surface area contributed by atoms with E-state index in [1.165, 1.54) is 0 Å². The van der Waals surface area contributed by atoms with Crippen LogP contribution < -0.4 is 5.32 Å². The van der Waals surface area contributed by atoms with Gasteiger partial charge in [0.2, 0.25) is 6.10 Å². The van der Waals surface area contributed by atoms with Gasteiger partial charge in [0.1, 0.15) is 0 Å². The van der Waals surface area contributed by atoms with Crippen LogP contribution in [0.4, 0.5) is 4.79 Å². The number of imide groups is 1. The van der Waals surface area contributed by atoms with E-state index in [-0.39, 0.29) is 0 Å². The lowest BCUT2D eigenvalue weighted by Crippen LogP contribution is -2.20. The molecule has 2 rings (SSSR count). The van der Waals surface area contributed by atoms with Gasteiger partial charge in [0.15, 0.2) is 0 Å². The topological polar surface area (TPSA) is 55.4 Å². The largest absolute Gasteiger partial charge is 0.431 e. The number of hydrogen-bond acceptors (Lipinski definition) is 4. The minimum Gasteiger partial charge on any atom is -0.431 e. The minimum absolute atomic E-state index is 0.402. The highest BCUT2D eigenvalue weighted by molar-refractivity contribution is 7.99. The van der Waals surface area contributed by atoms with Gasteiger partial charge in [0.25, 0.3) is 5.91 Å². The fourth-order valence-electron chi connectivity index (χ4n) is 1.48. The van der Waals surface area contributed by atoms with E-state index in [9.17, 15) is 9.59 Å². The quantitative estimate of drug-likeness (QED) is 0.818. The van der Waals surface area contributed by atoms with Crippen molar-refractivity contribution in [1.29, 1.82) is 0 Å². The van der Waals surface area contributed by atoms with Crippen molar-refractivity contribution in [3.8, 4) is 0 Å². The molecule has 84 valence electrons. The van der Waals surface area contributed by atoms with E-state index in [0.717, 1.165) is 10.6 Å². The molecule has 2 amide bonds. The normalized spacial score (nSPS) is 19.4. The van der Waals surface area contributed by atoms with Crippen LogP contribution in [0.25, 0.3) is 0 Å². The summed E-state index contributed by atoms with van der Waals surface area (Å²) < 4.78 is 4.85. The van der Waals surface area contributed by atoms with Gasteiger partial charge in [-0.15, -0.1) is 11.8 Å². The Balaban J connectivity index is 2.15. The molecule has 1 heterocycles. The van der Waals surface area contributed by atoms with E-state index in [1.54, 1.807) is 23.9 Å². The first-order valence-corrected chi connectivity index (χ1v) is 5.93. The molecule has 0 spiro atoms. The fourth-order valence-corrected chi connectivity index (χ4v) is 2.14. The number of hydrogen-bond donors (Lipinski definition) is 1. The van der Waals surface area contributed by atoms with Crippen LogP contribution in [0.2, 0.25) is 0 Å². The van der Waals surface area contributed by atoms with Crippen molar-refractivity contribution in [3.63, 3.8) is 0 Å². The fraction of sp³-hybridized carbons (Fsp3) is 0.273. The third-order valence-electron chi connectivity index (χ3n) is 2.18. The zero-order chi connectivity index (χ0) is 11.5. The number of thioether (sulfide) groups is 1. The van der Waals surface area contributed by atoms with Crippen molar-refractivity contribution in [2.24, 2.45) is 0 Å². The molecule has 1 aliphatic rings. The summed E-state index contributed by atoms with van der Waals surface area (Å²) in [6.45, 7) is 2.07. The van der Waals surface area contributed by atoms with Crippen LogP contribution in [0.3, 0.4) is 0 Å². The predicted molar refractivity (Wildman–Crippen MR) is 60.2 cm³/mol. The molecule has 1 aromatic carbocycles. The molecule has 1 fully saturated rings. The number of carbonyl (C=O) groups is 2. The third-order valence-corrected chi connectivity index (χ3v) is 3.08. The second kappa shape index (κ2) is 4.57. The van der Waals surface area contributed by atoms with Gasteiger partial charge in [0.05, 0.1) is 0 Å². The molecule has 0 aromatic heterocycles. The maximum Gasteiger partial charge on any atom is 0.415 e. The van der Waals surface area contributed by atoms with Crippen LogP contribution in [-0.4, -0.2) is 17.8 Å². The highest BCUT2D eigenvalue weighted by Crippen LogP contribution is 2.25. The zero-order valence-corrected chi connectivity index (χ0v) is 9.54. The van der Waals surface area contributed by atoms with Gasteiger partial charge in [0, 0.05) is 10.5 Å². The zero-order valence-electron chi connectivity index (χ0n) is 8.73. The summed E-state index contributed by atoms with van der Waals surface area (Å²) in [6.07, 6.45) is -1.48. The van der Waals surface area contributed by atoms with Gasteiger partial charge in [-0.2, -0.15) is 0 Å². The molecule has 0 aliphatic carbocycles. The van der Waals surface area contributed by atoms with Crippen molar-refractivity contribution in [2.45, 2.75) is 17.9 Å². The van der Waals surface area contributed by atoms with Crippen LogP contribution >= 0.6 is 11.8 Å². The van der Waals surface area contributed by atoms with Gasteiger partial charge >= 0.3 is 6.09 Å². The van der Waals surface area contributed by atoms with E-state index in [1.807, 2.05) is 12.1 Å². The van der Waals surface area contributed by atoms with Gasteiger partial charge in [-0.05, 0) is 17.9 Å². The highest BCUT2D eigenvalue weighted by atomic mass is 32.2. The number of ether oxygens (including phenoxy) is 1. The average molecular weight is 237 g/mol. The summed E-state index contributed by atoms with van der Waals surface area (Å²) in [6, 6.07) is 7.45. The lowest BCUT2D eigenvalue weighted by atomic mass is 10.1. The predicted octanol–water partition coefficient (Wildman–Crippen LogP) is 2.11. The second-order valence-electron chi connectivity index (χ2n) is 3.28. The molecule has 1 N–H and O–H groups in total. The van der Waals surface area contributed by atoms with E-state index in [4.69, 9.17) is 4.74 Å². The first-order valence-electron chi connectivity index (χ1n) is 4.95. The van der Waals surface area contributed by atoms with Crippen molar-refractivity contribution < 1.29 is 14.3 Å². The Morgan fingerprint density at radius 2 is 2.00 bits per heavy atom. The summed E-state index contributed by atoms with van der Waals surface area (Å²) in [4.78, 5) is 23.3. The number of cyclic esters (lactones) is 1. The summed E-state index contributed by atoms with van der Waals surface area (Å²) in [5.74, 6) is 0.596. The highest BCUT2D eigenvalue weighted by Gasteiger charge is 2.33. The second-order valence-corrected chi connectivity index (χ2v) is 4.61.